The molecule has 2 N–H and O–H groups in total. The summed E-state index contributed by atoms with van der Waals surface area (Å²) in [7, 11) is 0. The Morgan fingerprint density at radius 1 is 1.15 bits per heavy atom. The van der Waals surface area contributed by atoms with Crippen LogP contribution in [0.2, 0.25) is 0 Å². The zero-order chi connectivity index (χ0) is 18.6. The van der Waals surface area contributed by atoms with E-state index in [0.29, 0.717) is 17.8 Å². The van der Waals surface area contributed by atoms with E-state index in [1.807, 2.05) is 47.2 Å². The molecular formula is C21H22N4O2. The Labute approximate surface area is 157 Å². The molecule has 0 unspecified atom stereocenters. The Kier molecular flexibility index (Phi) is 4.87. The molecule has 3 aromatic rings. The van der Waals surface area contributed by atoms with Gasteiger partial charge in [0, 0.05) is 31.4 Å². The van der Waals surface area contributed by atoms with Gasteiger partial charge in [-0.2, -0.15) is 0 Å². The van der Waals surface area contributed by atoms with Crippen LogP contribution in [0.5, 0.6) is 0 Å². The molecule has 2 aromatic carbocycles. The molecule has 1 aromatic heterocycles. The second kappa shape index (κ2) is 7.61. The van der Waals surface area contributed by atoms with E-state index in [0.717, 1.165) is 36.6 Å². The predicted octanol–water partition coefficient (Wildman–Crippen LogP) is 3.20. The van der Waals surface area contributed by atoms with Crippen molar-refractivity contribution in [1.29, 1.82) is 0 Å². The number of nitrogens with one attached hydrogen (secondary N) is 2. The van der Waals surface area contributed by atoms with Crippen LogP contribution in [0.4, 0.5) is 5.69 Å². The largest absolute Gasteiger partial charge is 0.352 e. The van der Waals surface area contributed by atoms with E-state index in [1.165, 1.54) is 0 Å². The van der Waals surface area contributed by atoms with Crippen molar-refractivity contribution in [3.63, 3.8) is 0 Å². The van der Waals surface area contributed by atoms with Gasteiger partial charge in [-0.3, -0.25) is 9.59 Å². The average molecular weight is 362 g/mol. The molecular weight excluding hydrogens is 340 g/mol. The van der Waals surface area contributed by atoms with Crippen molar-refractivity contribution >= 4 is 28.3 Å². The highest BCUT2D eigenvalue weighted by Gasteiger charge is 2.30. The van der Waals surface area contributed by atoms with E-state index in [2.05, 4.69) is 15.6 Å². The zero-order valence-electron chi connectivity index (χ0n) is 15.0. The number of carbonyl (C=O) groups is 2. The molecule has 1 fully saturated rings. The van der Waals surface area contributed by atoms with Gasteiger partial charge in [-0.1, -0.05) is 24.3 Å². The number of hydrogen-bond acceptors (Lipinski definition) is 3. The van der Waals surface area contributed by atoms with E-state index in [4.69, 9.17) is 0 Å². The molecule has 27 heavy (non-hydrogen) atoms. The fourth-order valence-electron chi connectivity index (χ4n) is 3.09. The third-order valence-corrected chi connectivity index (χ3v) is 4.77. The molecule has 138 valence electrons. The molecule has 1 aliphatic carbocycles. The number of aromatic nitrogens is 2. The number of carbonyl (C=O) groups excluding carboxylic acids is 2. The molecule has 2 amide bonds. The zero-order valence-corrected chi connectivity index (χ0v) is 15.0. The van der Waals surface area contributed by atoms with Crippen LogP contribution < -0.4 is 10.6 Å². The summed E-state index contributed by atoms with van der Waals surface area (Å²) < 4.78 is 1.98. The Morgan fingerprint density at radius 3 is 2.63 bits per heavy atom. The minimum absolute atomic E-state index is 0.000520. The van der Waals surface area contributed by atoms with E-state index in [1.54, 1.807) is 12.5 Å². The van der Waals surface area contributed by atoms with Crippen molar-refractivity contribution in [1.82, 2.24) is 14.9 Å². The van der Waals surface area contributed by atoms with Gasteiger partial charge in [0.1, 0.15) is 0 Å². The summed E-state index contributed by atoms with van der Waals surface area (Å²) in [6.07, 6.45) is 8.06. The Hall–Kier alpha value is -3.15. The fourth-order valence-corrected chi connectivity index (χ4v) is 3.09. The van der Waals surface area contributed by atoms with Crippen molar-refractivity contribution < 1.29 is 9.59 Å². The third-order valence-electron chi connectivity index (χ3n) is 4.77. The number of benzene rings is 2. The van der Waals surface area contributed by atoms with Crippen LogP contribution in [-0.4, -0.2) is 27.9 Å². The average Bonchev–Trinajstić information content (AvgIpc) is 3.41. The van der Waals surface area contributed by atoms with Gasteiger partial charge >= 0.3 is 0 Å². The number of rotatable bonds is 7. The summed E-state index contributed by atoms with van der Waals surface area (Å²) in [5, 5.41) is 7.88. The lowest BCUT2D eigenvalue weighted by molar-refractivity contribution is -0.117. The first-order valence-corrected chi connectivity index (χ1v) is 9.28. The van der Waals surface area contributed by atoms with Crippen LogP contribution in [0.25, 0.3) is 10.8 Å². The van der Waals surface area contributed by atoms with Crippen molar-refractivity contribution in [3.05, 3.63) is 60.7 Å². The molecule has 0 bridgehead atoms. The molecule has 0 atom stereocenters. The first-order valence-electron chi connectivity index (χ1n) is 9.28. The summed E-state index contributed by atoms with van der Waals surface area (Å²) in [4.78, 5) is 29.0. The minimum atomic E-state index is -0.169. The first-order chi connectivity index (χ1) is 13.2. The lowest BCUT2D eigenvalue weighted by Gasteiger charge is -2.13. The van der Waals surface area contributed by atoms with E-state index >= 15 is 0 Å². The third kappa shape index (κ3) is 4.16. The normalized spacial score (nSPS) is 13.5. The topological polar surface area (TPSA) is 76.0 Å². The molecule has 1 aliphatic rings. The molecule has 1 saturated carbocycles. The molecule has 0 radical (unpaired) electrons. The highest BCUT2D eigenvalue weighted by atomic mass is 16.2. The number of anilines is 1. The summed E-state index contributed by atoms with van der Waals surface area (Å²) in [5.74, 6) is -0.0838. The monoisotopic (exact) mass is 362 g/mol. The molecule has 1 heterocycles. The summed E-state index contributed by atoms with van der Waals surface area (Å²) >= 11 is 0. The summed E-state index contributed by atoms with van der Waals surface area (Å²) in [6, 6.07) is 11.6. The molecule has 4 rings (SSSR count). The number of amides is 2. The van der Waals surface area contributed by atoms with Crippen LogP contribution in [0.1, 0.15) is 29.6 Å². The molecule has 6 nitrogen and oxygen atoms in total. The molecule has 0 saturated heterocycles. The van der Waals surface area contributed by atoms with Gasteiger partial charge in [0.05, 0.1) is 17.6 Å². The Balaban J connectivity index is 1.48. The second-order valence-electron chi connectivity index (χ2n) is 6.92. The van der Waals surface area contributed by atoms with Gasteiger partial charge in [0.2, 0.25) is 5.91 Å². The SMILES string of the molecule is O=C(NCCCn1ccnc1)c1cc2ccccc2cc1NC(=O)C1CC1. The molecule has 0 spiro atoms. The number of aryl methyl sites for hydroxylation is 1. The second-order valence-corrected chi connectivity index (χ2v) is 6.92. The van der Waals surface area contributed by atoms with Gasteiger partial charge in [-0.25, -0.2) is 4.98 Å². The first kappa shape index (κ1) is 17.3. The van der Waals surface area contributed by atoms with Gasteiger partial charge in [0.25, 0.3) is 5.91 Å². The van der Waals surface area contributed by atoms with Crippen LogP contribution >= 0.6 is 0 Å². The quantitative estimate of drug-likeness (QED) is 0.634. The van der Waals surface area contributed by atoms with Crippen molar-refractivity contribution in [2.75, 3.05) is 11.9 Å². The molecule has 6 heteroatoms. The van der Waals surface area contributed by atoms with Gasteiger partial charge < -0.3 is 15.2 Å². The van der Waals surface area contributed by atoms with Gasteiger partial charge in [0.15, 0.2) is 0 Å². The fraction of sp³-hybridized carbons (Fsp3) is 0.286. The number of fused-ring (bicyclic) bond motifs is 1. The highest BCUT2D eigenvalue weighted by molar-refractivity contribution is 6.08. The summed E-state index contributed by atoms with van der Waals surface area (Å²) in [5.41, 5.74) is 1.09. The van der Waals surface area contributed by atoms with E-state index < -0.39 is 0 Å². The standard InChI is InChI=1S/C21H22N4O2/c26-20(15-6-7-15)24-19-13-17-5-2-1-4-16(17)12-18(19)21(27)23-8-3-10-25-11-9-22-14-25/h1-2,4-5,9,11-15H,3,6-8,10H2,(H,23,27)(H,24,26). The van der Waals surface area contributed by atoms with Crippen LogP contribution in [-0.2, 0) is 11.3 Å². The predicted molar refractivity (Wildman–Crippen MR) is 104 cm³/mol. The van der Waals surface area contributed by atoms with Crippen molar-refractivity contribution in [2.24, 2.45) is 5.92 Å². The maximum atomic E-state index is 12.8. The van der Waals surface area contributed by atoms with E-state index in [-0.39, 0.29) is 17.7 Å². The van der Waals surface area contributed by atoms with E-state index in [9.17, 15) is 9.59 Å². The summed E-state index contributed by atoms with van der Waals surface area (Å²) in [6.45, 7) is 1.35. The number of nitrogens with zero attached hydrogens (tertiary/aromatic N) is 2. The lowest BCUT2D eigenvalue weighted by atomic mass is 10.0. The number of hydrogen-bond donors (Lipinski definition) is 2. The van der Waals surface area contributed by atoms with Crippen molar-refractivity contribution in [3.8, 4) is 0 Å². The van der Waals surface area contributed by atoms with Gasteiger partial charge in [-0.05, 0) is 42.2 Å². The van der Waals surface area contributed by atoms with Crippen LogP contribution in [0, 0.1) is 5.92 Å². The van der Waals surface area contributed by atoms with Gasteiger partial charge in [-0.15, -0.1) is 0 Å². The van der Waals surface area contributed by atoms with Crippen LogP contribution in [0.3, 0.4) is 0 Å². The Bertz CT molecular complexity index is 961. The Morgan fingerprint density at radius 2 is 1.93 bits per heavy atom. The highest BCUT2D eigenvalue weighted by Crippen LogP contribution is 2.31. The maximum absolute atomic E-state index is 12.8. The smallest absolute Gasteiger partial charge is 0.253 e. The number of imidazole rings is 1. The maximum Gasteiger partial charge on any atom is 0.253 e. The molecule has 0 aliphatic heterocycles. The van der Waals surface area contributed by atoms with Crippen molar-refractivity contribution in [2.45, 2.75) is 25.8 Å². The van der Waals surface area contributed by atoms with Crippen LogP contribution in [0.15, 0.2) is 55.1 Å². The minimum Gasteiger partial charge on any atom is -0.352 e. The lowest BCUT2D eigenvalue weighted by Crippen LogP contribution is -2.27.